The van der Waals surface area contributed by atoms with Gasteiger partial charge in [-0.15, -0.1) is 0 Å². The average Bonchev–Trinajstić information content (AvgIpc) is 2.82. The highest BCUT2D eigenvalue weighted by Gasteiger charge is 2.26. The quantitative estimate of drug-likeness (QED) is 0.808. The minimum Gasteiger partial charge on any atom is -0.336 e. The maximum absolute atomic E-state index is 12.8. The molecule has 0 spiro atoms. The van der Waals surface area contributed by atoms with Crippen LogP contribution in [0.25, 0.3) is 0 Å². The van der Waals surface area contributed by atoms with E-state index in [0.717, 1.165) is 54.1 Å². The summed E-state index contributed by atoms with van der Waals surface area (Å²) in [5.41, 5.74) is 3.80. The van der Waals surface area contributed by atoms with Gasteiger partial charge in [0.15, 0.2) is 0 Å². The van der Waals surface area contributed by atoms with Crippen LogP contribution in [-0.4, -0.2) is 51.7 Å². The average molecular weight is 391 g/mol. The van der Waals surface area contributed by atoms with Crippen molar-refractivity contribution in [2.45, 2.75) is 20.4 Å². The Bertz CT molecular complexity index is 747. The van der Waals surface area contributed by atoms with Crippen LogP contribution in [0.2, 0.25) is 0 Å². The van der Waals surface area contributed by atoms with E-state index in [9.17, 15) is 4.79 Å². The largest absolute Gasteiger partial charge is 0.336 e. The Morgan fingerprint density at radius 2 is 1.83 bits per heavy atom. The first-order valence-corrected chi connectivity index (χ1v) is 9.02. The molecule has 0 N–H and O–H groups in total. The van der Waals surface area contributed by atoms with Crippen LogP contribution in [0, 0.1) is 13.8 Å². The number of rotatable bonds is 3. The fourth-order valence-corrected chi connectivity index (χ4v) is 3.63. The van der Waals surface area contributed by atoms with Crippen molar-refractivity contribution in [2.24, 2.45) is 7.05 Å². The van der Waals surface area contributed by atoms with Gasteiger partial charge in [-0.25, -0.2) is 0 Å². The fraction of sp³-hybridized carbons (Fsp3) is 0.444. The number of carbonyl (C=O) groups is 1. The molecule has 1 aliphatic heterocycles. The van der Waals surface area contributed by atoms with Crippen LogP contribution in [0.5, 0.6) is 0 Å². The van der Waals surface area contributed by atoms with Gasteiger partial charge in [0.2, 0.25) is 0 Å². The molecule has 0 aliphatic carbocycles. The van der Waals surface area contributed by atoms with Crippen molar-refractivity contribution >= 4 is 21.8 Å². The number of hydrogen-bond donors (Lipinski definition) is 0. The van der Waals surface area contributed by atoms with Crippen LogP contribution >= 0.6 is 15.9 Å². The summed E-state index contributed by atoms with van der Waals surface area (Å²) in [5, 5.41) is 4.36. The second-order valence-corrected chi connectivity index (χ2v) is 7.18. The second kappa shape index (κ2) is 7.07. The Morgan fingerprint density at radius 1 is 1.17 bits per heavy atom. The molecular formula is C18H23BrN4O. The molecule has 3 rings (SSSR count). The van der Waals surface area contributed by atoms with Crippen molar-refractivity contribution in [1.82, 2.24) is 19.6 Å². The van der Waals surface area contributed by atoms with Gasteiger partial charge >= 0.3 is 0 Å². The number of aromatic nitrogens is 2. The number of aryl methyl sites for hydroxylation is 2. The number of halogens is 1. The predicted molar refractivity (Wildman–Crippen MR) is 98.0 cm³/mol. The maximum Gasteiger partial charge on any atom is 0.257 e. The van der Waals surface area contributed by atoms with E-state index in [0.29, 0.717) is 0 Å². The third-order valence-corrected chi connectivity index (χ3v) is 5.51. The Morgan fingerprint density at radius 3 is 2.42 bits per heavy atom. The summed E-state index contributed by atoms with van der Waals surface area (Å²) >= 11 is 3.61. The molecule has 1 saturated heterocycles. The zero-order valence-electron chi connectivity index (χ0n) is 14.4. The highest BCUT2D eigenvalue weighted by Crippen LogP contribution is 2.20. The molecule has 128 valence electrons. The first-order valence-electron chi connectivity index (χ1n) is 8.22. The number of piperazine rings is 1. The second-order valence-electron chi connectivity index (χ2n) is 6.33. The van der Waals surface area contributed by atoms with E-state index in [2.05, 4.69) is 44.1 Å². The molecule has 1 aromatic carbocycles. The van der Waals surface area contributed by atoms with E-state index >= 15 is 0 Å². The van der Waals surface area contributed by atoms with Crippen LogP contribution < -0.4 is 0 Å². The van der Waals surface area contributed by atoms with Crippen LogP contribution in [0.3, 0.4) is 0 Å². The molecule has 0 unspecified atom stereocenters. The number of hydrogen-bond acceptors (Lipinski definition) is 3. The highest BCUT2D eigenvalue weighted by atomic mass is 79.9. The van der Waals surface area contributed by atoms with Gasteiger partial charge in [0, 0.05) is 49.9 Å². The van der Waals surface area contributed by atoms with Gasteiger partial charge in [0.1, 0.15) is 0 Å². The van der Waals surface area contributed by atoms with Crippen LogP contribution in [-0.2, 0) is 13.6 Å². The van der Waals surface area contributed by atoms with E-state index in [1.165, 1.54) is 5.56 Å². The van der Waals surface area contributed by atoms with Gasteiger partial charge < -0.3 is 4.90 Å². The van der Waals surface area contributed by atoms with Crippen molar-refractivity contribution in [2.75, 3.05) is 26.2 Å². The van der Waals surface area contributed by atoms with Gasteiger partial charge in [-0.1, -0.05) is 34.1 Å². The van der Waals surface area contributed by atoms with E-state index in [1.54, 1.807) is 4.68 Å². The fourth-order valence-electron chi connectivity index (χ4n) is 3.22. The lowest BCUT2D eigenvalue weighted by molar-refractivity contribution is 0.0626. The van der Waals surface area contributed by atoms with Gasteiger partial charge in [0.05, 0.1) is 11.3 Å². The SMILES string of the molecule is Cc1nn(C)c(C)c1C(=O)N1CCN(Cc2ccccc2Br)CC1. The van der Waals surface area contributed by atoms with E-state index < -0.39 is 0 Å². The molecule has 2 aromatic rings. The van der Waals surface area contributed by atoms with Crippen molar-refractivity contribution < 1.29 is 4.79 Å². The lowest BCUT2D eigenvalue weighted by Gasteiger charge is -2.35. The first-order chi connectivity index (χ1) is 11.5. The third kappa shape index (κ3) is 3.39. The lowest BCUT2D eigenvalue weighted by Crippen LogP contribution is -2.48. The van der Waals surface area contributed by atoms with Gasteiger partial charge in [-0.05, 0) is 25.5 Å². The molecule has 0 saturated carbocycles. The van der Waals surface area contributed by atoms with E-state index in [1.807, 2.05) is 31.9 Å². The smallest absolute Gasteiger partial charge is 0.257 e. The molecule has 5 nitrogen and oxygen atoms in total. The Balaban J connectivity index is 1.63. The number of amides is 1. The van der Waals surface area contributed by atoms with Crippen LogP contribution in [0.15, 0.2) is 28.7 Å². The van der Waals surface area contributed by atoms with Gasteiger partial charge in [0.25, 0.3) is 5.91 Å². The monoisotopic (exact) mass is 390 g/mol. The van der Waals surface area contributed by atoms with Crippen molar-refractivity contribution in [3.63, 3.8) is 0 Å². The summed E-state index contributed by atoms with van der Waals surface area (Å²) in [6.07, 6.45) is 0. The minimum atomic E-state index is 0.110. The minimum absolute atomic E-state index is 0.110. The van der Waals surface area contributed by atoms with Gasteiger partial charge in [-0.3, -0.25) is 14.4 Å². The summed E-state index contributed by atoms with van der Waals surface area (Å²) < 4.78 is 2.93. The molecule has 0 radical (unpaired) electrons. The molecule has 1 aliphatic rings. The molecule has 1 aromatic heterocycles. The Kier molecular flexibility index (Phi) is 5.06. The number of benzene rings is 1. The van der Waals surface area contributed by atoms with Crippen molar-refractivity contribution in [3.05, 3.63) is 51.3 Å². The summed E-state index contributed by atoms with van der Waals surface area (Å²) in [7, 11) is 1.88. The van der Waals surface area contributed by atoms with Crippen LogP contribution in [0.4, 0.5) is 0 Å². The van der Waals surface area contributed by atoms with Crippen LogP contribution in [0.1, 0.15) is 27.3 Å². The molecule has 1 amide bonds. The highest BCUT2D eigenvalue weighted by molar-refractivity contribution is 9.10. The molecule has 24 heavy (non-hydrogen) atoms. The predicted octanol–water partition coefficient (Wildman–Crippen LogP) is 2.76. The summed E-state index contributed by atoms with van der Waals surface area (Å²) in [4.78, 5) is 17.2. The van der Waals surface area contributed by atoms with E-state index in [4.69, 9.17) is 0 Å². The summed E-state index contributed by atoms with van der Waals surface area (Å²) in [6, 6.07) is 8.31. The Labute approximate surface area is 151 Å². The summed E-state index contributed by atoms with van der Waals surface area (Å²) in [6.45, 7) is 8.08. The number of nitrogens with zero attached hydrogens (tertiary/aromatic N) is 4. The normalized spacial score (nSPS) is 15.8. The number of carbonyl (C=O) groups excluding carboxylic acids is 1. The topological polar surface area (TPSA) is 41.4 Å². The molecule has 6 heteroatoms. The molecule has 1 fully saturated rings. The molecule has 0 atom stereocenters. The lowest BCUT2D eigenvalue weighted by atomic mass is 10.1. The molecule has 2 heterocycles. The van der Waals surface area contributed by atoms with Gasteiger partial charge in [-0.2, -0.15) is 5.10 Å². The molecule has 0 bridgehead atoms. The van der Waals surface area contributed by atoms with Crippen molar-refractivity contribution in [1.29, 1.82) is 0 Å². The first kappa shape index (κ1) is 17.2. The maximum atomic E-state index is 12.8. The van der Waals surface area contributed by atoms with E-state index in [-0.39, 0.29) is 5.91 Å². The molecular weight excluding hydrogens is 368 g/mol. The summed E-state index contributed by atoms with van der Waals surface area (Å²) in [5.74, 6) is 0.110. The standard InChI is InChI=1S/C18H23BrN4O/c1-13-17(14(2)21(3)20-13)18(24)23-10-8-22(9-11-23)12-15-6-4-5-7-16(15)19/h4-7H,8-12H2,1-3H3. The zero-order valence-corrected chi connectivity index (χ0v) is 16.0. The Hall–Kier alpha value is -1.66. The third-order valence-electron chi connectivity index (χ3n) is 4.73. The van der Waals surface area contributed by atoms with Crippen molar-refractivity contribution in [3.8, 4) is 0 Å². The zero-order chi connectivity index (χ0) is 17.3.